The second kappa shape index (κ2) is 6.69. The van der Waals surface area contributed by atoms with Crippen molar-refractivity contribution in [2.24, 2.45) is 7.05 Å². The summed E-state index contributed by atoms with van der Waals surface area (Å²) < 4.78 is 7.83. The number of rotatable bonds is 6. The van der Waals surface area contributed by atoms with Crippen molar-refractivity contribution in [3.05, 3.63) is 34.5 Å². The lowest BCUT2D eigenvalue weighted by atomic mass is 10.0. The zero-order valence-electron chi connectivity index (χ0n) is 15.5. The summed E-state index contributed by atoms with van der Waals surface area (Å²) >= 11 is 0. The Hall–Kier alpha value is -1.65. The molecule has 3 rings (SSSR count). The summed E-state index contributed by atoms with van der Waals surface area (Å²) in [5.74, 6) is 0.234. The number of nitrogens with zero attached hydrogens (tertiary/aromatic N) is 2. The Labute approximate surface area is 144 Å². The lowest BCUT2D eigenvalue weighted by molar-refractivity contribution is 0.0584. The van der Waals surface area contributed by atoms with Gasteiger partial charge in [0.15, 0.2) is 5.78 Å². The van der Waals surface area contributed by atoms with Gasteiger partial charge in [0.05, 0.1) is 12.7 Å². The van der Waals surface area contributed by atoms with Crippen molar-refractivity contribution >= 4 is 16.7 Å². The lowest BCUT2D eigenvalue weighted by Gasteiger charge is -2.15. The molecule has 1 aromatic carbocycles. The molecule has 0 saturated carbocycles. The number of Topliss-reactive ketones (excluding diaryl/α,β-unsaturated/α-hetero) is 1. The molecule has 0 atom stereocenters. The van der Waals surface area contributed by atoms with E-state index in [9.17, 15) is 4.79 Å². The van der Waals surface area contributed by atoms with Crippen LogP contribution >= 0.6 is 0 Å². The van der Waals surface area contributed by atoms with E-state index in [-0.39, 0.29) is 11.9 Å². The van der Waals surface area contributed by atoms with Crippen molar-refractivity contribution in [2.45, 2.75) is 53.3 Å². The standard InChI is InChI=1S/C20H28N2O2/c1-6-19(23)20-14(4)21(5)18-10-16-12-22(7-8-24-13(2)3)11-15(16)9-17(18)20/h9-10,13H,6-8,11-12H2,1-5H3. The fourth-order valence-electron chi connectivity index (χ4n) is 3.63. The number of hydrogen-bond donors (Lipinski definition) is 0. The molecule has 130 valence electrons. The number of fused-ring (bicyclic) bond motifs is 2. The molecule has 0 bridgehead atoms. The molecule has 24 heavy (non-hydrogen) atoms. The molecule has 2 aromatic rings. The van der Waals surface area contributed by atoms with Gasteiger partial charge in [-0.15, -0.1) is 0 Å². The average molecular weight is 328 g/mol. The van der Waals surface area contributed by atoms with E-state index in [1.165, 1.54) is 16.6 Å². The van der Waals surface area contributed by atoms with Gasteiger partial charge in [-0.2, -0.15) is 0 Å². The van der Waals surface area contributed by atoms with Crippen molar-refractivity contribution < 1.29 is 9.53 Å². The quantitative estimate of drug-likeness (QED) is 0.756. The van der Waals surface area contributed by atoms with Gasteiger partial charge in [-0.25, -0.2) is 0 Å². The summed E-state index contributed by atoms with van der Waals surface area (Å²) in [6.45, 7) is 11.7. The Morgan fingerprint density at radius 1 is 1.25 bits per heavy atom. The van der Waals surface area contributed by atoms with Gasteiger partial charge in [-0.3, -0.25) is 9.69 Å². The molecule has 0 unspecified atom stereocenters. The van der Waals surface area contributed by atoms with Gasteiger partial charge in [-0.05, 0) is 44.0 Å². The third kappa shape index (κ3) is 3.01. The molecule has 4 nitrogen and oxygen atoms in total. The molecular formula is C20H28N2O2. The molecule has 0 aliphatic carbocycles. The second-order valence-corrected chi connectivity index (χ2v) is 7.06. The van der Waals surface area contributed by atoms with Crippen LogP contribution in [0.2, 0.25) is 0 Å². The normalized spacial score (nSPS) is 14.8. The van der Waals surface area contributed by atoms with Crippen molar-refractivity contribution in [2.75, 3.05) is 13.2 Å². The van der Waals surface area contributed by atoms with Gasteiger partial charge in [0.2, 0.25) is 0 Å². The number of hydrogen-bond acceptors (Lipinski definition) is 3. The van der Waals surface area contributed by atoms with E-state index in [2.05, 4.69) is 42.5 Å². The maximum Gasteiger partial charge on any atom is 0.165 e. The first-order chi connectivity index (χ1) is 11.4. The van der Waals surface area contributed by atoms with Crippen LogP contribution in [-0.4, -0.2) is 34.5 Å². The molecular weight excluding hydrogens is 300 g/mol. The molecule has 1 aliphatic heterocycles. The summed E-state index contributed by atoms with van der Waals surface area (Å²) in [4.78, 5) is 14.8. The van der Waals surface area contributed by atoms with Crippen molar-refractivity contribution in [3.63, 3.8) is 0 Å². The van der Waals surface area contributed by atoms with Gasteiger partial charge in [0, 0.05) is 55.3 Å². The molecule has 0 N–H and O–H groups in total. The molecule has 0 fully saturated rings. The highest BCUT2D eigenvalue weighted by atomic mass is 16.5. The van der Waals surface area contributed by atoms with Crippen LogP contribution < -0.4 is 0 Å². The zero-order chi connectivity index (χ0) is 17.4. The monoisotopic (exact) mass is 328 g/mol. The maximum atomic E-state index is 12.4. The lowest BCUT2D eigenvalue weighted by Crippen LogP contribution is -2.23. The topological polar surface area (TPSA) is 34.5 Å². The SMILES string of the molecule is CCC(=O)c1c(C)n(C)c2cc3c(cc12)CN(CCOC(C)C)C3. The molecule has 2 heterocycles. The van der Waals surface area contributed by atoms with Gasteiger partial charge in [0.1, 0.15) is 0 Å². The maximum absolute atomic E-state index is 12.4. The van der Waals surface area contributed by atoms with Crippen molar-refractivity contribution in [1.82, 2.24) is 9.47 Å². The Kier molecular flexibility index (Phi) is 4.79. The Morgan fingerprint density at radius 3 is 2.54 bits per heavy atom. The van der Waals surface area contributed by atoms with Gasteiger partial charge in [-0.1, -0.05) is 6.92 Å². The first-order valence-electron chi connectivity index (χ1n) is 8.90. The third-order valence-electron chi connectivity index (χ3n) is 5.06. The zero-order valence-corrected chi connectivity index (χ0v) is 15.5. The predicted octanol–water partition coefficient (Wildman–Crippen LogP) is 3.82. The van der Waals surface area contributed by atoms with Crippen LogP contribution in [0.1, 0.15) is 54.4 Å². The highest BCUT2D eigenvalue weighted by Crippen LogP contribution is 2.32. The molecule has 0 radical (unpaired) electrons. The fraction of sp³-hybridized carbons (Fsp3) is 0.550. The number of aryl methyl sites for hydroxylation is 1. The number of ketones is 1. The van der Waals surface area contributed by atoms with E-state index in [4.69, 9.17) is 4.74 Å². The molecule has 1 aromatic heterocycles. The molecule has 0 saturated heterocycles. The van der Waals surface area contributed by atoms with Crippen LogP contribution in [0.5, 0.6) is 0 Å². The highest BCUT2D eigenvalue weighted by Gasteiger charge is 2.23. The van der Waals surface area contributed by atoms with Gasteiger partial charge in [0.25, 0.3) is 0 Å². The van der Waals surface area contributed by atoms with E-state index in [1.54, 1.807) is 0 Å². The van der Waals surface area contributed by atoms with Crippen LogP contribution in [-0.2, 0) is 24.9 Å². The Balaban J connectivity index is 1.89. The van der Waals surface area contributed by atoms with E-state index in [1.807, 2.05) is 13.8 Å². The second-order valence-electron chi connectivity index (χ2n) is 7.06. The van der Waals surface area contributed by atoms with E-state index < -0.39 is 0 Å². The summed E-state index contributed by atoms with van der Waals surface area (Å²) in [7, 11) is 2.06. The van der Waals surface area contributed by atoms with Crippen LogP contribution in [0.4, 0.5) is 0 Å². The van der Waals surface area contributed by atoms with Crippen LogP contribution in [0.3, 0.4) is 0 Å². The average Bonchev–Trinajstić information content (AvgIpc) is 3.03. The fourth-order valence-corrected chi connectivity index (χ4v) is 3.63. The highest BCUT2D eigenvalue weighted by molar-refractivity contribution is 6.09. The van der Waals surface area contributed by atoms with Crippen LogP contribution in [0.15, 0.2) is 12.1 Å². The van der Waals surface area contributed by atoms with Crippen LogP contribution in [0.25, 0.3) is 10.9 Å². The number of carbonyl (C=O) groups excluding carboxylic acids is 1. The first-order valence-corrected chi connectivity index (χ1v) is 8.90. The minimum absolute atomic E-state index is 0.234. The first kappa shape index (κ1) is 17.2. The number of aromatic nitrogens is 1. The minimum atomic E-state index is 0.234. The summed E-state index contributed by atoms with van der Waals surface area (Å²) in [6, 6.07) is 4.51. The van der Waals surface area contributed by atoms with Gasteiger partial charge >= 0.3 is 0 Å². The largest absolute Gasteiger partial charge is 0.377 e. The Morgan fingerprint density at radius 2 is 1.92 bits per heavy atom. The minimum Gasteiger partial charge on any atom is -0.377 e. The van der Waals surface area contributed by atoms with E-state index in [0.717, 1.165) is 42.9 Å². The summed E-state index contributed by atoms with van der Waals surface area (Å²) in [6.07, 6.45) is 0.832. The third-order valence-corrected chi connectivity index (χ3v) is 5.06. The Bertz CT molecular complexity index is 774. The number of carbonyl (C=O) groups is 1. The van der Waals surface area contributed by atoms with Crippen LogP contribution in [0, 0.1) is 6.92 Å². The van der Waals surface area contributed by atoms with E-state index >= 15 is 0 Å². The van der Waals surface area contributed by atoms with Crippen molar-refractivity contribution in [3.8, 4) is 0 Å². The molecule has 4 heteroatoms. The van der Waals surface area contributed by atoms with E-state index in [0.29, 0.717) is 6.42 Å². The summed E-state index contributed by atoms with van der Waals surface area (Å²) in [5, 5.41) is 1.11. The molecule has 0 spiro atoms. The number of ether oxygens (including phenoxy) is 1. The van der Waals surface area contributed by atoms with Crippen molar-refractivity contribution in [1.29, 1.82) is 0 Å². The summed E-state index contributed by atoms with van der Waals surface area (Å²) in [5.41, 5.74) is 5.87. The molecule has 1 aliphatic rings. The smallest absolute Gasteiger partial charge is 0.165 e. The van der Waals surface area contributed by atoms with Gasteiger partial charge < -0.3 is 9.30 Å². The molecule has 0 amide bonds. The number of benzene rings is 1. The predicted molar refractivity (Wildman–Crippen MR) is 97.5 cm³/mol.